The summed E-state index contributed by atoms with van der Waals surface area (Å²) in [5, 5.41) is 5.76. The SMILES string of the molecule is Cc1nccn1CCC(=O)N(c1ccc(NC(=O)C(C)C)cc1)C(C(=O)NCc1ccccc1)c1cccc(F)c1. The first-order valence-electron chi connectivity index (χ1n) is 13.5. The Balaban J connectivity index is 1.71. The molecule has 1 heterocycles. The van der Waals surface area contributed by atoms with Gasteiger partial charge >= 0.3 is 0 Å². The van der Waals surface area contributed by atoms with Crippen LogP contribution in [0.25, 0.3) is 0 Å². The number of benzene rings is 3. The zero-order valence-corrected chi connectivity index (χ0v) is 23.4. The van der Waals surface area contributed by atoms with Crippen LogP contribution in [0.1, 0.15) is 43.3 Å². The number of aromatic nitrogens is 2. The van der Waals surface area contributed by atoms with Crippen LogP contribution in [0.3, 0.4) is 0 Å². The van der Waals surface area contributed by atoms with E-state index in [1.54, 1.807) is 56.6 Å². The number of aryl methyl sites for hydroxylation is 2. The Labute approximate surface area is 239 Å². The third kappa shape index (κ3) is 7.66. The van der Waals surface area contributed by atoms with E-state index in [0.717, 1.165) is 11.4 Å². The largest absolute Gasteiger partial charge is 0.350 e. The highest BCUT2D eigenvalue weighted by atomic mass is 19.1. The predicted molar refractivity (Wildman–Crippen MR) is 156 cm³/mol. The van der Waals surface area contributed by atoms with Gasteiger partial charge in [-0.3, -0.25) is 19.3 Å². The van der Waals surface area contributed by atoms with Crippen LogP contribution >= 0.6 is 0 Å². The lowest BCUT2D eigenvalue weighted by Gasteiger charge is -2.32. The number of nitrogens with zero attached hydrogens (tertiary/aromatic N) is 3. The van der Waals surface area contributed by atoms with Crippen LogP contribution in [0, 0.1) is 18.7 Å². The maximum Gasteiger partial charge on any atom is 0.248 e. The Morgan fingerprint density at radius 1 is 0.951 bits per heavy atom. The standard InChI is InChI=1S/C32H34FN5O3/c1-22(2)31(40)36-27-12-14-28(15-13-27)38(29(39)16-18-37-19-17-34-23(37)3)30(25-10-7-11-26(33)20-25)32(41)35-21-24-8-5-4-6-9-24/h4-15,17,19-20,22,30H,16,18,21H2,1-3H3,(H,35,41)(H,36,40). The predicted octanol–water partition coefficient (Wildman–Crippen LogP) is 5.41. The van der Waals surface area contributed by atoms with E-state index in [9.17, 15) is 18.8 Å². The zero-order valence-electron chi connectivity index (χ0n) is 23.4. The van der Waals surface area contributed by atoms with E-state index in [0.29, 0.717) is 23.5 Å². The van der Waals surface area contributed by atoms with Gasteiger partial charge in [-0.15, -0.1) is 0 Å². The topological polar surface area (TPSA) is 96.3 Å². The van der Waals surface area contributed by atoms with Crippen molar-refractivity contribution in [2.45, 2.75) is 46.3 Å². The summed E-state index contributed by atoms with van der Waals surface area (Å²) in [6, 6.07) is 20.7. The number of nitrogens with one attached hydrogen (secondary N) is 2. The second-order valence-electron chi connectivity index (χ2n) is 10.0. The number of amides is 3. The van der Waals surface area contributed by atoms with E-state index >= 15 is 0 Å². The molecule has 4 aromatic rings. The van der Waals surface area contributed by atoms with Gasteiger partial charge in [-0.2, -0.15) is 0 Å². The third-order valence-corrected chi connectivity index (χ3v) is 6.68. The van der Waals surface area contributed by atoms with Crippen LogP contribution in [0.4, 0.5) is 15.8 Å². The highest BCUT2D eigenvalue weighted by Gasteiger charge is 2.33. The molecular weight excluding hydrogens is 521 g/mol. The molecule has 0 aliphatic rings. The first kappa shape index (κ1) is 29.2. The Hall–Kier alpha value is -4.79. The van der Waals surface area contributed by atoms with Gasteiger partial charge in [0.1, 0.15) is 17.7 Å². The fourth-order valence-electron chi connectivity index (χ4n) is 4.38. The number of halogens is 1. The highest BCUT2D eigenvalue weighted by molar-refractivity contribution is 6.01. The van der Waals surface area contributed by atoms with E-state index in [1.165, 1.54) is 23.1 Å². The quantitative estimate of drug-likeness (QED) is 0.259. The Morgan fingerprint density at radius 2 is 1.68 bits per heavy atom. The summed E-state index contributed by atoms with van der Waals surface area (Å²) >= 11 is 0. The van der Waals surface area contributed by atoms with E-state index < -0.39 is 17.8 Å². The van der Waals surface area contributed by atoms with Crippen molar-refractivity contribution >= 4 is 29.1 Å². The number of carbonyl (C=O) groups excluding carboxylic acids is 3. The van der Waals surface area contributed by atoms with Gasteiger partial charge in [0.15, 0.2) is 0 Å². The van der Waals surface area contributed by atoms with E-state index in [4.69, 9.17) is 0 Å². The summed E-state index contributed by atoms with van der Waals surface area (Å²) < 4.78 is 16.3. The molecule has 0 aliphatic carbocycles. The Morgan fingerprint density at radius 3 is 2.32 bits per heavy atom. The number of imidazole rings is 1. The molecule has 1 aromatic heterocycles. The van der Waals surface area contributed by atoms with Gasteiger partial charge < -0.3 is 15.2 Å². The molecule has 2 N–H and O–H groups in total. The van der Waals surface area contributed by atoms with Crippen molar-refractivity contribution in [3.8, 4) is 0 Å². The lowest BCUT2D eigenvalue weighted by molar-refractivity contribution is -0.126. The molecule has 0 fully saturated rings. The van der Waals surface area contributed by atoms with Gasteiger partial charge in [-0.1, -0.05) is 56.3 Å². The van der Waals surface area contributed by atoms with Crippen LogP contribution in [-0.2, 0) is 27.5 Å². The number of rotatable bonds is 11. The normalized spacial score (nSPS) is 11.6. The number of hydrogen-bond acceptors (Lipinski definition) is 4. The first-order chi connectivity index (χ1) is 19.7. The molecule has 0 saturated carbocycles. The van der Waals surface area contributed by atoms with Crippen molar-refractivity contribution in [3.05, 3.63) is 114 Å². The number of carbonyl (C=O) groups is 3. The van der Waals surface area contributed by atoms with Crippen molar-refractivity contribution in [3.63, 3.8) is 0 Å². The lowest BCUT2D eigenvalue weighted by atomic mass is 10.0. The summed E-state index contributed by atoms with van der Waals surface area (Å²) in [4.78, 5) is 45.6. The second kappa shape index (κ2) is 13.5. The summed E-state index contributed by atoms with van der Waals surface area (Å²) in [6.07, 6.45) is 3.52. The van der Waals surface area contributed by atoms with Crippen LogP contribution in [0.2, 0.25) is 0 Å². The zero-order chi connectivity index (χ0) is 29.4. The second-order valence-corrected chi connectivity index (χ2v) is 10.0. The maximum absolute atomic E-state index is 14.4. The molecule has 3 amide bonds. The lowest BCUT2D eigenvalue weighted by Crippen LogP contribution is -2.44. The summed E-state index contributed by atoms with van der Waals surface area (Å²) in [6.45, 7) is 6.03. The molecule has 212 valence electrons. The average Bonchev–Trinajstić information content (AvgIpc) is 3.38. The summed E-state index contributed by atoms with van der Waals surface area (Å²) in [5.74, 6) is -0.886. The fraction of sp³-hybridized carbons (Fsp3) is 0.250. The molecule has 9 heteroatoms. The van der Waals surface area contributed by atoms with Crippen LogP contribution in [0.5, 0.6) is 0 Å². The van der Waals surface area contributed by atoms with Crippen LogP contribution in [0.15, 0.2) is 91.3 Å². The first-order valence-corrected chi connectivity index (χ1v) is 13.5. The fourth-order valence-corrected chi connectivity index (χ4v) is 4.38. The number of anilines is 2. The van der Waals surface area contributed by atoms with Gasteiger partial charge in [0.05, 0.1) is 0 Å². The molecule has 0 radical (unpaired) electrons. The Bertz CT molecular complexity index is 1480. The molecule has 0 saturated heterocycles. The molecule has 3 aromatic carbocycles. The van der Waals surface area contributed by atoms with Gasteiger partial charge in [-0.25, -0.2) is 9.37 Å². The molecular formula is C32H34FN5O3. The molecule has 4 rings (SSSR count). The van der Waals surface area contributed by atoms with Crippen molar-refractivity contribution in [2.75, 3.05) is 10.2 Å². The average molecular weight is 556 g/mol. The third-order valence-electron chi connectivity index (χ3n) is 6.68. The molecule has 41 heavy (non-hydrogen) atoms. The monoisotopic (exact) mass is 555 g/mol. The molecule has 0 bridgehead atoms. The van der Waals surface area contributed by atoms with E-state index in [-0.39, 0.29) is 30.7 Å². The number of hydrogen-bond donors (Lipinski definition) is 2. The summed E-state index contributed by atoms with van der Waals surface area (Å²) in [5.41, 5.74) is 2.21. The van der Waals surface area contributed by atoms with Crippen molar-refractivity contribution in [1.82, 2.24) is 14.9 Å². The van der Waals surface area contributed by atoms with Crippen LogP contribution in [-0.4, -0.2) is 27.3 Å². The minimum Gasteiger partial charge on any atom is -0.350 e. The molecule has 1 atom stereocenters. The van der Waals surface area contributed by atoms with Gasteiger partial charge in [0.25, 0.3) is 0 Å². The van der Waals surface area contributed by atoms with E-state index in [2.05, 4.69) is 15.6 Å². The summed E-state index contributed by atoms with van der Waals surface area (Å²) in [7, 11) is 0. The van der Waals surface area contributed by atoms with Gasteiger partial charge in [0, 0.05) is 49.2 Å². The van der Waals surface area contributed by atoms with Crippen molar-refractivity contribution in [1.29, 1.82) is 0 Å². The molecule has 0 spiro atoms. The Kier molecular flexibility index (Phi) is 9.63. The van der Waals surface area contributed by atoms with Crippen molar-refractivity contribution in [2.24, 2.45) is 5.92 Å². The smallest absolute Gasteiger partial charge is 0.248 e. The molecule has 1 unspecified atom stereocenters. The minimum absolute atomic E-state index is 0.0703. The molecule has 8 nitrogen and oxygen atoms in total. The maximum atomic E-state index is 14.4. The van der Waals surface area contributed by atoms with Crippen molar-refractivity contribution < 1.29 is 18.8 Å². The highest BCUT2D eigenvalue weighted by Crippen LogP contribution is 2.30. The minimum atomic E-state index is -1.15. The van der Waals surface area contributed by atoms with Gasteiger partial charge in [0.2, 0.25) is 17.7 Å². The molecule has 0 aliphatic heterocycles. The van der Waals surface area contributed by atoms with Crippen LogP contribution < -0.4 is 15.5 Å². The van der Waals surface area contributed by atoms with E-state index in [1.807, 2.05) is 41.8 Å². The van der Waals surface area contributed by atoms with Gasteiger partial charge in [-0.05, 0) is 54.4 Å².